The molecular formula is C18H20OS. The van der Waals surface area contributed by atoms with E-state index >= 15 is 0 Å². The fourth-order valence-electron chi connectivity index (χ4n) is 2.16. The molecule has 0 aromatic heterocycles. The minimum absolute atomic E-state index is 0.200. The Bertz CT molecular complexity index is 644. The molecule has 0 amide bonds. The molecule has 0 bridgehead atoms. The molecule has 0 atom stereocenters. The first-order valence-corrected chi connectivity index (χ1v) is 7.76. The summed E-state index contributed by atoms with van der Waals surface area (Å²) in [5.41, 5.74) is 5.66. The summed E-state index contributed by atoms with van der Waals surface area (Å²) in [5, 5.41) is 0. The van der Waals surface area contributed by atoms with Crippen LogP contribution in [0.2, 0.25) is 0 Å². The second kappa shape index (κ2) is 6.27. The van der Waals surface area contributed by atoms with Gasteiger partial charge in [-0.2, -0.15) is 0 Å². The number of Topliss-reactive ketones (excluding diaryl/α,β-unsaturated/α-hetero) is 1. The molecule has 2 rings (SSSR count). The highest BCUT2D eigenvalue weighted by Crippen LogP contribution is 2.23. The zero-order valence-corrected chi connectivity index (χ0v) is 13.3. The number of carbonyl (C=O) groups is 1. The SMILES string of the molecule is Cc1ccc(C(=O)CSc2ccc(C)c(C)c2)c(C)c1. The Morgan fingerprint density at radius 1 is 0.900 bits per heavy atom. The standard InChI is InChI=1S/C18H20OS/c1-12-5-8-17(15(4)9-12)18(19)11-20-16-7-6-13(2)14(3)10-16/h5-10H,11H2,1-4H3. The first-order chi connectivity index (χ1) is 9.47. The molecule has 2 aromatic carbocycles. The van der Waals surface area contributed by atoms with Crippen molar-refractivity contribution in [1.29, 1.82) is 0 Å². The number of carbonyl (C=O) groups excluding carboxylic acids is 1. The summed E-state index contributed by atoms with van der Waals surface area (Å²) in [6.07, 6.45) is 0. The highest BCUT2D eigenvalue weighted by atomic mass is 32.2. The van der Waals surface area contributed by atoms with E-state index < -0.39 is 0 Å². The van der Waals surface area contributed by atoms with E-state index in [0.717, 1.165) is 16.0 Å². The number of hydrogen-bond donors (Lipinski definition) is 0. The second-order valence-electron chi connectivity index (χ2n) is 5.28. The third-order valence-corrected chi connectivity index (χ3v) is 4.52. The van der Waals surface area contributed by atoms with Crippen molar-refractivity contribution < 1.29 is 4.79 Å². The lowest BCUT2D eigenvalue weighted by Gasteiger charge is -2.07. The number of hydrogen-bond acceptors (Lipinski definition) is 2. The first kappa shape index (κ1) is 14.9. The topological polar surface area (TPSA) is 17.1 Å². The summed E-state index contributed by atoms with van der Waals surface area (Å²) < 4.78 is 0. The zero-order chi connectivity index (χ0) is 14.7. The normalized spacial score (nSPS) is 10.6. The van der Waals surface area contributed by atoms with Crippen LogP contribution in [0.15, 0.2) is 41.3 Å². The Labute approximate surface area is 125 Å². The first-order valence-electron chi connectivity index (χ1n) is 6.78. The van der Waals surface area contributed by atoms with Crippen LogP contribution in [0.1, 0.15) is 32.6 Å². The average molecular weight is 284 g/mol. The van der Waals surface area contributed by atoms with Crippen LogP contribution in [0.3, 0.4) is 0 Å². The summed E-state index contributed by atoms with van der Waals surface area (Å²) >= 11 is 1.61. The van der Waals surface area contributed by atoms with Gasteiger partial charge in [-0.05, 0) is 56.5 Å². The van der Waals surface area contributed by atoms with Gasteiger partial charge in [0.2, 0.25) is 0 Å². The Balaban J connectivity index is 2.06. The van der Waals surface area contributed by atoms with Gasteiger partial charge in [-0.15, -0.1) is 11.8 Å². The number of benzene rings is 2. The molecule has 0 aliphatic heterocycles. The third kappa shape index (κ3) is 3.51. The van der Waals surface area contributed by atoms with Crippen LogP contribution < -0.4 is 0 Å². The molecule has 0 spiro atoms. The summed E-state index contributed by atoms with van der Waals surface area (Å²) in [7, 11) is 0. The fourth-order valence-corrected chi connectivity index (χ4v) is 3.03. The van der Waals surface area contributed by atoms with Gasteiger partial charge in [0, 0.05) is 10.5 Å². The van der Waals surface area contributed by atoms with Gasteiger partial charge in [0.25, 0.3) is 0 Å². The van der Waals surface area contributed by atoms with Gasteiger partial charge in [-0.1, -0.05) is 29.8 Å². The maximum atomic E-state index is 12.3. The lowest BCUT2D eigenvalue weighted by atomic mass is 10.0. The van der Waals surface area contributed by atoms with Crippen molar-refractivity contribution in [3.63, 3.8) is 0 Å². The molecule has 0 radical (unpaired) electrons. The average Bonchev–Trinajstić information content (AvgIpc) is 2.40. The van der Waals surface area contributed by atoms with Crippen LogP contribution in [0.25, 0.3) is 0 Å². The van der Waals surface area contributed by atoms with Crippen molar-refractivity contribution in [3.05, 3.63) is 64.2 Å². The second-order valence-corrected chi connectivity index (χ2v) is 6.33. The molecule has 0 N–H and O–H groups in total. The van der Waals surface area contributed by atoms with E-state index in [1.807, 2.05) is 26.0 Å². The van der Waals surface area contributed by atoms with Gasteiger partial charge in [-0.3, -0.25) is 4.79 Å². The highest BCUT2D eigenvalue weighted by molar-refractivity contribution is 8.00. The molecule has 0 aliphatic rings. The number of aryl methyl sites for hydroxylation is 4. The Morgan fingerprint density at radius 3 is 2.30 bits per heavy atom. The molecule has 1 nitrogen and oxygen atoms in total. The molecule has 20 heavy (non-hydrogen) atoms. The minimum atomic E-state index is 0.200. The molecule has 0 fully saturated rings. The lowest BCUT2D eigenvalue weighted by molar-refractivity contribution is 0.102. The smallest absolute Gasteiger partial charge is 0.173 e. The Kier molecular flexibility index (Phi) is 4.66. The van der Waals surface area contributed by atoms with Crippen molar-refractivity contribution in [2.45, 2.75) is 32.6 Å². The predicted octanol–water partition coefficient (Wildman–Crippen LogP) is 4.90. The lowest BCUT2D eigenvalue weighted by Crippen LogP contribution is -2.05. The molecule has 0 heterocycles. The van der Waals surface area contributed by atoms with Crippen LogP contribution in [-0.4, -0.2) is 11.5 Å². The van der Waals surface area contributed by atoms with Gasteiger partial charge >= 0.3 is 0 Å². The van der Waals surface area contributed by atoms with E-state index in [-0.39, 0.29) is 5.78 Å². The monoisotopic (exact) mass is 284 g/mol. The van der Waals surface area contributed by atoms with Crippen LogP contribution in [0.4, 0.5) is 0 Å². The van der Waals surface area contributed by atoms with Crippen LogP contribution in [0.5, 0.6) is 0 Å². The van der Waals surface area contributed by atoms with E-state index in [2.05, 4.69) is 38.1 Å². The van der Waals surface area contributed by atoms with E-state index in [9.17, 15) is 4.79 Å². The van der Waals surface area contributed by atoms with Crippen LogP contribution in [-0.2, 0) is 0 Å². The number of thioether (sulfide) groups is 1. The van der Waals surface area contributed by atoms with Crippen molar-refractivity contribution in [3.8, 4) is 0 Å². The molecule has 2 aromatic rings. The number of rotatable bonds is 4. The maximum Gasteiger partial charge on any atom is 0.173 e. The van der Waals surface area contributed by atoms with Gasteiger partial charge in [0.15, 0.2) is 5.78 Å². The summed E-state index contributed by atoms with van der Waals surface area (Å²) in [5.74, 6) is 0.692. The fraction of sp³-hybridized carbons (Fsp3) is 0.278. The van der Waals surface area contributed by atoms with Gasteiger partial charge < -0.3 is 0 Å². The van der Waals surface area contributed by atoms with E-state index in [4.69, 9.17) is 0 Å². The quantitative estimate of drug-likeness (QED) is 0.587. The van der Waals surface area contributed by atoms with Gasteiger partial charge in [-0.25, -0.2) is 0 Å². The van der Waals surface area contributed by atoms with Crippen molar-refractivity contribution >= 4 is 17.5 Å². The number of ketones is 1. The van der Waals surface area contributed by atoms with Crippen molar-refractivity contribution in [1.82, 2.24) is 0 Å². The Morgan fingerprint density at radius 2 is 1.65 bits per heavy atom. The molecule has 0 saturated carbocycles. The maximum absolute atomic E-state index is 12.3. The van der Waals surface area contributed by atoms with E-state index in [1.54, 1.807) is 11.8 Å². The third-order valence-electron chi connectivity index (χ3n) is 3.53. The van der Waals surface area contributed by atoms with Gasteiger partial charge in [0.1, 0.15) is 0 Å². The molecular weight excluding hydrogens is 264 g/mol. The summed E-state index contributed by atoms with van der Waals surface area (Å²) in [6.45, 7) is 8.25. The summed E-state index contributed by atoms with van der Waals surface area (Å²) in [4.78, 5) is 13.4. The summed E-state index contributed by atoms with van der Waals surface area (Å²) in [6, 6.07) is 12.3. The van der Waals surface area contributed by atoms with Crippen molar-refractivity contribution in [2.75, 3.05) is 5.75 Å². The molecule has 2 heteroatoms. The highest BCUT2D eigenvalue weighted by Gasteiger charge is 2.10. The molecule has 0 aliphatic carbocycles. The molecule has 0 saturated heterocycles. The minimum Gasteiger partial charge on any atom is -0.293 e. The zero-order valence-electron chi connectivity index (χ0n) is 12.5. The van der Waals surface area contributed by atoms with E-state index in [0.29, 0.717) is 5.75 Å². The van der Waals surface area contributed by atoms with Crippen LogP contribution >= 0.6 is 11.8 Å². The Hall–Kier alpha value is -1.54. The van der Waals surface area contributed by atoms with Crippen molar-refractivity contribution in [2.24, 2.45) is 0 Å². The largest absolute Gasteiger partial charge is 0.293 e. The van der Waals surface area contributed by atoms with Gasteiger partial charge in [0.05, 0.1) is 5.75 Å². The van der Waals surface area contributed by atoms with Crippen LogP contribution in [0, 0.1) is 27.7 Å². The van der Waals surface area contributed by atoms with E-state index in [1.165, 1.54) is 16.7 Å². The predicted molar refractivity (Wildman–Crippen MR) is 86.9 cm³/mol. The molecule has 104 valence electrons. The molecule has 0 unspecified atom stereocenters.